The smallest absolute Gasteiger partial charge is 0.266 e. The lowest BCUT2D eigenvalue weighted by Crippen LogP contribution is -2.32. The van der Waals surface area contributed by atoms with Crippen molar-refractivity contribution in [3.8, 4) is 28.5 Å². The van der Waals surface area contributed by atoms with Crippen LogP contribution in [0.3, 0.4) is 0 Å². The first-order valence-electron chi connectivity index (χ1n) is 9.29. The zero-order valence-electron chi connectivity index (χ0n) is 17.0. The van der Waals surface area contributed by atoms with Gasteiger partial charge in [0.2, 0.25) is 0 Å². The van der Waals surface area contributed by atoms with Crippen molar-refractivity contribution in [1.29, 1.82) is 0 Å². The number of ether oxygens (including phenoxy) is 3. The molecule has 1 aromatic heterocycles. The van der Waals surface area contributed by atoms with E-state index in [4.69, 9.17) is 14.2 Å². The van der Waals surface area contributed by atoms with Crippen LogP contribution in [0.15, 0.2) is 59.4 Å². The molecule has 8 nitrogen and oxygen atoms in total. The van der Waals surface area contributed by atoms with E-state index in [1.807, 2.05) is 24.3 Å². The number of nitrogens with zero attached hydrogens (tertiary/aromatic N) is 2. The summed E-state index contributed by atoms with van der Waals surface area (Å²) in [5.74, 6) is 1.23. The molecule has 0 aliphatic carbocycles. The van der Waals surface area contributed by atoms with Crippen LogP contribution in [0.4, 0.5) is 0 Å². The summed E-state index contributed by atoms with van der Waals surface area (Å²) in [6, 6.07) is 15.6. The maximum Gasteiger partial charge on any atom is 0.266 e. The van der Waals surface area contributed by atoms with E-state index in [9.17, 15) is 9.59 Å². The number of nitrogens with one attached hydrogen (secondary N) is 1. The maximum absolute atomic E-state index is 12.6. The van der Waals surface area contributed by atoms with E-state index in [2.05, 4.69) is 10.4 Å². The monoisotopic (exact) mass is 409 g/mol. The normalized spacial score (nSPS) is 10.4. The Hall–Kier alpha value is -3.81. The number of hydrogen-bond acceptors (Lipinski definition) is 6. The zero-order chi connectivity index (χ0) is 21.5. The predicted molar refractivity (Wildman–Crippen MR) is 112 cm³/mol. The van der Waals surface area contributed by atoms with Gasteiger partial charge in [-0.05, 0) is 42.5 Å². The van der Waals surface area contributed by atoms with Crippen LogP contribution in [0.2, 0.25) is 0 Å². The summed E-state index contributed by atoms with van der Waals surface area (Å²) < 4.78 is 17.0. The van der Waals surface area contributed by atoms with Crippen LogP contribution in [0.1, 0.15) is 10.4 Å². The molecule has 0 radical (unpaired) electrons. The van der Waals surface area contributed by atoms with Gasteiger partial charge in [-0.3, -0.25) is 9.59 Å². The van der Waals surface area contributed by atoms with Crippen molar-refractivity contribution in [1.82, 2.24) is 15.1 Å². The Morgan fingerprint density at radius 2 is 1.73 bits per heavy atom. The van der Waals surface area contributed by atoms with Crippen molar-refractivity contribution in [2.24, 2.45) is 0 Å². The van der Waals surface area contributed by atoms with E-state index in [-0.39, 0.29) is 24.6 Å². The van der Waals surface area contributed by atoms with Crippen LogP contribution in [0.25, 0.3) is 11.3 Å². The predicted octanol–water partition coefficient (Wildman–Crippen LogP) is 2.37. The Morgan fingerprint density at radius 1 is 0.967 bits per heavy atom. The number of amides is 1. The molecule has 0 saturated carbocycles. The number of carbonyl (C=O) groups excluding carboxylic acids is 1. The van der Waals surface area contributed by atoms with Gasteiger partial charge in [-0.2, -0.15) is 5.10 Å². The molecule has 0 aliphatic rings. The minimum absolute atomic E-state index is 0.220. The van der Waals surface area contributed by atoms with Crippen molar-refractivity contribution in [2.45, 2.75) is 6.54 Å². The van der Waals surface area contributed by atoms with Crippen LogP contribution in [-0.4, -0.2) is 43.6 Å². The summed E-state index contributed by atoms with van der Waals surface area (Å²) in [6.45, 7) is 0.443. The number of aromatic nitrogens is 2. The Labute approximate surface area is 174 Å². The number of para-hydroxylation sites is 1. The minimum Gasteiger partial charge on any atom is -0.497 e. The molecular formula is C22H23N3O5. The molecule has 156 valence electrons. The molecule has 8 heteroatoms. The molecule has 0 atom stereocenters. The molecule has 0 bridgehead atoms. The molecule has 1 heterocycles. The fourth-order valence-electron chi connectivity index (χ4n) is 2.96. The van der Waals surface area contributed by atoms with E-state index in [0.29, 0.717) is 22.8 Å². The zero-order valence-corrected chi connectivity index (χ0v) is 17.0. The maximum atomic E-state index is 12.6. The van der Waals surface area contributed by atoms with Crippen molar-refractivity contribution < 1.29 is 19.0 Å². The van der Waals surface area contributed by atoms with Gasteiger partial charge in [0.1, 0.15) is 5.75 Å². The molecule has 2 aromatic carbocycles. The topological polar surface area (TPSA) is 91.7 Å². The van der Waals surface area contributed by atoms with E-state index >= 15 is 0 Å². The van der Waals surface area contributed by atoms with E-state index in [1.54, 1.807) is 31.4 Å². The third kappa shape index (κ3) is 4.60. The Morgan fingerprint density at radius 3 is 2.40 bits per heavy atom. The number of rotatable bonds is 8. The van der Waals surface area contributed by atoms with Gasteiger partial charge in [0.15, 0.2) is 11.5 Å². The lowest BCUT2D eigenvalue weighted by molar-refractivity contribution is 0.0948. The van der Waals surface area contributed by atoms with Crippen LogP contribution >= 0.6 is 0 Å². The van der Waals surface area contributed by atoms with Crippen molar-refractivity contribution in [3.63, 3.8) is 0 Å². The lowest BCUT2D eigenvalue weighted by Gasteiger charge is -2.13. The van der Waals surface area contributed by atoms with Gasteiger partial charge in [0, 0.05) is 18.2 Å². The van der Waals surface area contributed by atoms with Gasteiger partial charge in [-0.15, -0.1) is 0 Å². The third-order valence-electron chi connectivity index (χ3n) is 4.51. The standard InChI is InChI=1S/C22H23N3O5/c1-28-16-9-7-15(8-10-16)18-11-12-20(26)25(24-18)14-13-23-22(27)17-5-4-6-19(29-2)21(17)30-3/h4-12H,13-14H2,1-3H3,(H,23,27). The Balaban J connectivity index is 1.70. The first-order valence-corrected chi connectivity index (χ1v) is 9.29. The highest BCUT2D eigenvalue weighted by atomic mass is 16.5. The quantitative estimate of drug-likeness (QED) is 0.614. The second-order valence-corrected chi connectivity index (χ2v) is 6.31. The molecule has 0 fully saturated rings. The molecule has 0 aliphatic heterocycles. The van der Waals surface area contributed by atoms with Crippen LogP contribution < -0.4 is 25.1 Å². The molecule has 3 aromatic rings. The van der Waals surface area contributed by atoms with E-state index in [0.717, 1.165) is 11.3 Å². The summed E-state index contributed by atoms with van der Waals surface area (Å²) in [5, 5.41) is 7.18. The average molecular weight is 409 g/mol. The number of hydrogen-bond donors (Lipinski definition) is 1. The summed E-state index contributed by atoms with van der Waals surface area (Å²) in [7, 11) is 4.58. The fourth-order valence-corrected chi connectivity index (χ4v) is 2.96. The van der Waals surface area contributed by atoms with Crippen LogP contribution in [0.5, 0.6) is 17.2 Å². The van der Waals surface area contributed by atoms with Gasteiger partial charge in [0.25, 0.3) is 11.5 Å². The van der Waals surface area contributed by atoms with Gasteiger partial charge < -0.3 is 19.5 Å². The SMILES string of the molecule is COc1ccc(-c2ccc(=O)n(CCNC(=O)c3cccc(OC)c3OC)n2)cc1. The van der Waals surface area contributed by atoms with Crippen LogP contribution in [0, 0.1) is 0 Å². The second kappa shape index (κ2) is 9.60. The molecule has 0 saturated heterocycles. The highest BCUT2D eigenvalue weighted by Gasteiger charge is 2.16. The largest absolute Gasteiger partial charge is 0.497 e. The Kier molecular flexibility index (Phi) is 6.69. The molecule has 30 heavy (non-hydrogen) atoms. The number of methoxy groups -OCH3 is 3. The van der Waals surface area contributed by atoms with Gasteiger partial charge in [0.05, 0.1) is 39.1 Å². The third-order valence-corrected chi connectivity index (χ3v) is 4.51. The first-order chi connectivity index (χ1) is 14.6. The molecule has 0 unspecified atom stereocenters. The summed E-state index contributed by atoms with van der Waals surface area (Å²) in [6.07, 6.45) is 0. The minimum atomic E-state index is -0.329. The molecule has 3 rings (SSSR count). The number of benzene rings is 2. The lowest BCUT2D eigenvalue weighted by atomic mass is 10.1. The fraction of sp³-hybridized carbons (Fsp3) is 0.227. The second-order valence-electron chi connectivity index (χ2n) is 6.31. The Bertz CT molecular complexity index is 1080. The van der Waals surface area contributed by atoms with Crippen LogP contribution in [-0.2, 0) is 6.54 Å². The summed E-state index contributed by atoms with van der Waals surface area (Å²) in [4.78, 5) is 24.7. The van der Waals surface area contributed by atoms with Crippen molar-refractivity contribution in [2.75, 3.05) is 27.9 Å². The van der Waals surface area contributed by atoms with Gasteiger partial charge in [-0.25, -0.2) is 4.68 Å². The molecular weight excluding hydrogens is 386 g/mol. The van der Waals surface area contributed by atoms with Crippen molar-refractivity contribution >= 4 is 5.91 Å². The van der Waals surface area contributed by atoms with E-state index < -0.39 is 0 Å². The average Bonchev–Trinajstić information content (AvgIpc) is 2.79. The van der Waals surface area contributed by atoms with Crippen molar-refractivity contribution in [3.05, 3.63) is 70.5 Å². The van der Waals surface area contributed by atoms with E-state index in [1.165, 1.54) is 25.0 Å². The summed E-state index contributed by atoms with van der Waals surface area (Å²) in [5.41, 5.74) is 1.61. The highest BCUT2D eigenvalue weighted by Crippen LogP contribution is 2.30. The summed E-state index contributed by atoms with van der Waals surface area (Å²) >= 11 is 0. The first kappa shape index (κ1) is 20.9. The molecule has 1 N–H and O–H groups in total. The molecule has 1 amide bonds. The van der Waals surface area contributed by atoms with Gasteiger partial charge in [-0.1, -0.05) is 6.07 Å². The van der Waals surface area contributed by atoms with Gasteiger partial charge >= 0.3 is 0 Å². The molecule has 0 spiro atoms. The number of carbonyl (C=O) groups is 1. The highest BCUT2D eigenvalue weighted by molar-refractivity contribution is 5.97.